The molecule has 13 nitrogen and oxygen atoms in total. The summed E-state index contributed by atoms with van der Waals surface area (Å²) in [6.45, 7) is 4.82. The number of carbonyl (C=O) groups is 6. The van der Waals surface area contributed by atoms with E-state index in [0.29, 0.717) is 57.4 Å². The van der Waals surface area contributed by atoms with E-state index in [1.54, 1.807) is 9.80 Å². The molecule has 6 amide bonds. The quantitative estimate of drug-likeness (QED) is 0.135. The summed E-state index contributed by atoms with van der Waals surface area (Å²) < 4.78 is 0. The Morgan fingerprint density at radius 3 is 2.02 bits per heavy atom. The first-order chi connectivity index (χ1) is 25.9. The Bertz CT molecular complexity index is 1600. The summed E-state index contributed by atoms with van der Waals surface area (Å²) in [6.07, 6.45) is 4.95. The summed E-state index contributed by atoms with van der Waals surface area (Å²) in [5.41, 5.74) is 11.7. The van der Waals surface area contributed by atoms with Gasteiger partial charge in [-0.25, -0.2) is 0 Å². The smallest absolute Gasteiger partial charge is 0.249 e. The first kappa shape index (κ1) is 42.3. The highest BCUT2D eigenvalue weighted by Crippen LogP contribution is 2.40. The van der Waals surface area contributed by atoms with Crippen LogP contribution in [0.25, 0.3) is 0 Å². The molecule has 54 heavy (non-hydrogen) atoms. The minimum atomic E-state index is -1.19. The van der Waals surface area contributed by atoms with Gasteiger partial charge < -0.3 is 37.2 Å². The van der Waals surface area contributed by atoms with E-state index in [1.807, 2.05) is 80.8 Å². The van der Waals surface area contributed by atoms with Crippen LogP contribution in [0.3, 0.4) is 0 Å². The fourth-order valence-electron chi connectivity index (χ4n) is 7.47. The van der Waals surface area contributed by atoms with Crippen molar-refractivity contribution in [2.75, 3.05) is 31.6 Å². The fourth-order valence-corrected chi connectivity index (χ4v) is 7.94. The van der Waals surface area contributed by atoms with Gasteiger partial charge in [0.05, 0.1) is 0 Å². The average molecular weight is 764 g/mol. The number of nitrogens with one attached hydrogen (secondary N) is 3. The lowest BCUT2D eigenvalue weighted by Gasteiger charge is -2.37. The predicted molar refractivity (Wildman–Crippen MR) is 210 cm³/mol. The Labute approximate surface area is 323 Å². The monoisotopic (exact) mass is 763 g/mol. The van der Waals surface area contributed by atoms with Crippen LogP contribution in [-0.2, 0) is 41.6 Å². The number of thioether (sulfide) groups is 1. The summed E-state index contributed by atoms with van der Waals surface area (Å²) >= 11 is 1.54. The van der Waals surface area contributed by atoms with E-state index >= 15 is 0 Å². The number of nitrogens with two attached hydrogens (primary N) is 2. The SMILES string of the molecule is CSCC[C@H](NC(=O)[C@@H](CC(C)C)N1CCC2(CCCN2C(=O)[C@H](Cc2ccccc2)NC(=O)[C@H](Cc2ccccc2)NC(=O)CCCN)C1=O)C(N)=O. The van der Waals surface area contributed by atoms with Gasteiger partial charge in [0.25, 0.3) is 0 Å². The van der Waals surface area contributed by atoms with Gasteiger partial charge in [0.1, 0.15) is 29.7 Å². The van der Waals surface area contributed by atoms with E-state index in [1.165, 1.54) is 11.8 Å². The largest absolute Gasteiger partial charge is 0.368 e. The third kappa shape index (κ3) is 11.1. The van der Waals surface area contributed by atoms with E-state index in [0.717, 1.165) is 11.1 Å². The molecule has 294 valence electrons. The summed E-state index contributed by atoms with van der Waals surface area (Å²) in [6, 6.07) is 14.9. The zero-order chi connectivity index (χ0) is 39.3. The molecule has 2 aromatic rings. The normalized spacial score (nSPS) is 19.0. The molecule has 2 aromatic carbocycles. The Kier molecular flexibility index (Phi) is 15.9. The van der Waals surface area contributed by atoms with Gasteiger partial charge in [-0.3, -0.25) is 28.8 Å². The van der Waals surface area contributed by atoms with Gasteiger partial charge in [0.15, 0.2) is 0 Å². The second kappa shape index (κ2) is 20.3. The zero-order valence-corrected chi connectivity index (χ0v) is 32.6. The highest BCUT2D eigenvalue weighted by molar-refractivity contribution is 7.98. The molecular weight excluding hydrogens is 707 g/mol. The van der Waals surface area contributed by atoms with Crippen LogP contribution >= 0.6 is 11.8 Å². The molecule has 4 rings (SSSR count). The van der Waals surface area contributed by atoms with Crippen molar-refractivity contribution in [2.45, 2.75) is 101 Å². The Balaban J connectivity index is 1.61. The number of nitrogens with zero attached hydrogens (tertiary/aromatic N) is 2. The van der Waals surface area contributed by atoms with E-state index in [9.17, 15) is 28.8 Å². The van der Waals surface area contributed by atoms with E-state index in [-0.39, 0.29) is 43.5 Å². The second-order valence-corrected chi connectivity index (χ2v) is 15.7. The van der Waals surface area contributed by atoms with Crippen molar-refractivity contribution in [1.82, 2.24) is 25.8 Å². The predicted octanol–water partition coefficient (Wildman–Crippen LogP) is 1.91. The Morgan fingerprint density at radius 2 is 1.44 bits per heavy atom. The summed E-state index contributed by atoms with van der Waals surface area (Å²) in [4.78, 5) is 85.5. The van der Waals surface area contributed by atoms with Crippen molar-refractivity contribution in [3.8, 4) is 0 Å². The molecule has 2 fully saturated rings. The third-order valence-corrected chi connectivity index (χ3v) is 10.9. The molecular formula is C40H57N7O6S. The van der Waals surface area contributed by atoms with Gasteiger partial charge in [0.2, 0.25) is 35.4 Å². The lowest BCUT2D eigenvalue weighted by molar-refractivity contribution is -0.151. The molecule has 0 aliphatic carbocycles. The maximum absolute atomic E-state index is 14.8. The van der Waals surface area contributed by atoms with Crippen molar-refractivity contribution >= 4 is 47.2 Å². The topological polar surface area (TPSA) is 197 Å². The van der Waals surface area contributed by atoms with Gasteiger partial charge in [-0.15, -0.1) is 0 Å². The zero-order valence-electron chi connectivity index (χ0n) is 31.8. The molecule has 2 saturated heterocycles. The number of primary amides is 1. The lowest BCUT2D eigenvalue weighted by Crippen LogP contribution is -2.61. The minimum absolute atomic E-state index is 0.0507. The molecule has 0 saturated carbocycles. The Hall–Kier alpha value is -4.43. The van der Waals surface area contributed by atoms with Crippen molar-refractivity contribution < 1.29 is 28.8 Å². The molecule has 7 N–H and O–H groups in total. The van der Waals surface area contributed by atoms with Crippen molar-refractivity contribution in [2.24, 2.45) is 17.4 Å². The Morgan fingerprint density at radius 1 is 0.833 bits per heavy atom. The number of hydrogen-bond acceptors (Lipinski definition) is 8. The van der Waals surface area contributed by atoms with E-state index < -0.39 is 53.3 Å². The van der Waals surface area contributed by atoms with Crippen LogP contribution in [0.15, 0.2) is 60.7 Å². The second-order valence-electron chi connectivity index (χ2n) is 14.7. The first-order valence-corrected chi connectivity index (χ1v) is 20.4. The summed E-state index contributed by atoms with van der Waals surface area (Å²) in [5, 5.41) is 8.62. The number of rotatable bonds is 20. The third-order valence-electron chi connectivity index (χ3n) is 10.3. The highest BCUT2D eigenvalue weighted by atomic mass is 32.2. The standard InChI is InChI=1S/C40H57N7O6S/c1-27(2)24-33(37(51)44-30(35(42)49)17-23-54-3)46-22-19-40(39(46)53)18-11-21-47(40)38(52)32(26-29-14-8-5-9-15-29)45-36(50)31(43-34(48)16-10-20-41)25-28-12-6-4-7-13-28/h4-9,12-15,27,30-33H,10-11,16-26,41H2,1-3H3,(H2,42,49)(H,43,48)(H,44,51)(H,45,50)/t30-,31-,32-,33+,40?/m0/s1. The molecule has 0 aromatic heterocycles. The van der Waals surface area contributed by atoms with Crippen LogP contribution in [0.5, 0.6) is 0 Å². The molecule has 2 heterocycles. The number of hydrogen-bond donors (Lipinski definition) is 5. The molecule has 0 bridgehead atoms. The van der Waals surface area contributed by atoms with Crippen LogP contribution in [0, 0.1) is 5.92 Å². The molecule has 2 aliphatic rings. The van der Waals surface area contributed by atoms with Crippen LogP contribution in [0.2, 0.25) is 0 Å². The van der Waals surface area contributed by atoms with Crippen LogP contribution in [-0.4, -0.2) is 107 Å². The summed E-state index contributed by atoms with van der Waals surface area (Å²) in [7, 11) is 0. The highest BCUT2D eigenvalue weighted by Gasteiger charge is 2.57. The molecule has 1 unspecified atom stereocenters. The average Bonchev–Trinajstić information content (AvgIpc) is 3.73. The van der Waals surface area contributed by atoms with Crippen molar-refractivity contribution in [1.29, 1.82) is 0 Å². The molecule has 14 heteroatoms. The van der Waals surface area contributed by atoms with Crippen molar-refractivity contribution in [3.05, 3.63) is 71.8 Å². The summed E-state index contributed by atoms with van der Waals surface area (Å²) in [5.74, 6) is -1.94. The molecule has 1 spiro atoms. The molecule has 5 atom stereocenters. The van der Waals surface area contributed by atoms with Gasteiger partial charge in [-0.1, -0.05) is 74.5 Å². The van der Waals surface area contributed by atoms with Crippen LogP contribution in [0.1, 0.15) is 69.9 Å². The van der Waals surface area contributed by atoms with Gasteiger partial charge in [-0.2, -0.15) is 11.8 Å². The van der Waals surface area contributed by atoms with Crippen molar-refractivity contribution in [3.63, 3.8) is 0 Å². The van der Waals surface area contributed by atoms with Gasteiger partial charge in [0, 0.05) is 32.4 Å². The molecule has 2 aliphatic heterocycles. The van der Waals surface area contributed by atoms with Gasteiger partial charge in [-0.05, 0) is 74.1 Å². The van der Waals surface area contributed by atoms with E-state index in [4.69, 9.17) is 11.5 Å². The maximum Gasteiger partial charge on any atom is 0.249 e. The number of likely N-dealkylation sites (tertiary alicyclic amines) is 2. The number of carbonyl (C=O) groups excluding carboxylic acids is 6. The van der Waals surface area contributed by atoms with Gasteiger partial charge >= 0.3 is 0 Å². The van der Waals surface area contributed by atoms with Crippen LogP contribution in [0.4, 0.5) is 0 Å². The first-order valence-electron chi connectivity index (χ1n) is 19.0. The minimum Gasteiger partial charge on any atom is -0.368 e. The van der Waals surface area contributed by atoms with E-state index in [2.05, 4.69) is 16.0 Å². The van der Waals surface area contributed by atoms with Crippen LogP contribution < -0.4 is 27.4 Å². The molecule has 0 radical (unpaired) electrons. The lowest BCUT2D eigenvalue weighted by atomic mass is 9.92. The number of benzene rings is 2. The fraction of sp³-hybridized carbons (Fsp3) is 0.550. The number of amides is 6. The maximum atomic E-state index is 14.8.